The zero-order valence-corrected chi connectivity index (χ0v) is 23.5. The molecular formula is C30H53NO6. The van der Waals surface area contributed by atoms with Crippen molar-refractivity contribution in [2.75, 3.05) is 0 Å². The van der Waals surface area contributed by atoms with Crippen molar-refractivity contribution in [1.82, 2.24) is 5.32 Å². The maximum Gasteiger partial charge on any atom is 0.407 e. The zero-order valence-electron chi connectivity index (χ0n) is 23.5. The molecule has 1 rings (SSSR count). The molecule has 7 atom stereocenters. The van der Waals surface area contributed by atoms with Gasteiger partial charge in [0.1, 0.15) is 6.61 Å². The molecule has 7 nitrogen and oxygen atoms in total. The molecule has 1 aromatic rings. The molecule has 0 fully saturated rings. The topological polar surface area (TPSA) is 119 Å². The number of hydrogen-bond donors (Lipinski definition) is 5. The molecule has 0 spiro atoms. The monoisotopic (exact) mass is 523 g/mol. The lowest BCUT2D eigenvalue weighted by molar-refractivity contribution is -0.0262. The van der Waals surface area contributed by atoms with E-state index in [-0.39, 0.29) is 18.9 Å². The number of benzene rings is 1. The summed E-state index contributed by atoms with van der Waals surface area (Å²) in [4.78, 5) is 12.0. The van der Waals surface area contributed by atoms with Gasteiger partial charge in [-0.25, -0.2) is 4.79 Å². The maximum atomic E-state index is 12.0. The highest BCUT2D eigenvalue weighted by Crippen LogP contribution is 2.22. The normalized spacial score (nSPS) is 17.3. The van der Waals surface area contributed by atoms with E-state index in [2.05, 4.69) is 19.2 Å². The SMILES string of the molecule is CCCC[C@@H](C)[C@H](O)[C@@H](O)C[C@@H](C)CCCCCC[C@H](O)C[C@H](O)[C@H](C)NC(=O)OCc1ccccc1. The molecular weight excluding hydrogens is 470 g/mol. The Balaban J connectivity index is 2.12. The van der Waals surface area contributed by atoms with Gasteiger partial charge in [-0.15, -0.1) is 0 Å². The van der Waals surface area contributed by atoms with Gasteiger partial charge in [-0.3, -0.25) is 0 Å². The third-order valence-electron chi connectivity index (χ3n) is 7.27. The number of ether oxygens (including phenoxy) is 1. The fourth-order valence-corrected chi connectivity index (χ4v) is 4.62. The first-order valence-corrected chi connectivity index (χ1v) is 14.3. The van der Waals surface area contributed by atoms with Crippen LogP contribution in [0.25, 0.3) is 0 Å². The smallest absolute Gasteiger partial charge is 0.407 e. The summed E-state index contributed by atoms with van der Waals surface area (Å²) >= 11 is 0. The molecule has 0 aliphatic rings. The van der Waals surface area contributed by atoms with Gasteiger partial charge in [-0.2, -0.15) is 0 Å². The quantitative estimate of drug-likeness (QED) is 0.147. The standard InChI is InChI=1S/C30H53NO6/c1-5-6-15-23(3)29(35)28(34)19-22(2)14-10-7-8-13-18-26(32)20-27(33)24(4)31-30(36)37-21-25-16-11-9-12-17-25/h9,11-12,16-17,22-24,26-29,32-35H,5-8,10,13-15,18-21H2,1-4H3,(H,31,36)/t22-,23+,24-,26-,27-,28-,29-/m0/s1. The minimum Gasteiger partial charge on any atom is -0.445 e. The van der Waals surface area contributed by atoms with Crippen molar-refractivity contribution < 1.29 is 30.0 Å². The summed E-state index contributed by atoms with van der Waals surface area (Å²) in [5.74, 6) is 0.483. The lowest BCUT2D eigenvalue weighted by atomic mass is 9.88. The van der Waals surface area contributed by atoms with Gasteiger partial charge in [0.25, 0.3) is 0 Å². The highest BCUT2D eigenvalue weighted by atomic mass is 16.5. The summed E-state index contributed by atoms with van der Waals surface area (Å²) < 4.78 is 5.18. The maximum absolute atomic E-state index is 12.0. The lowest BCUT2D eigenvalue weighted by Crippen LogP contribution is -2.42. The van der Waals surface area contributed by atoms with E-state index >= 15 is 0 Å². The summed E-state index contributed by atoms with van der Waals surface area (Å²) in [7, 11) is 0. The number of carbonyl (C=O) groups is 1. The number of amides is 1. The van der Waals surface area contributed by atoms with Crippen LogP contribution in [0.4, 0.5) is 4.79 Å². The van der Waals surface area contributed by atoms with E-state index in [1.807, 2.05) is 37.3 Å². The first-order valence-electron chi connectivity index (χ1n) is 14.3. The van der Waals surface area contributed by atoms with Gasteiger partial charge < -0.3 is 30.5 Å². The first kappa shape index (κ1) is 33.4. The predicted octanol–water partition coefficient (Wildman–Crippen LogP) is 5.33. The van der Waals surface area contributed by atoms with E-state index in [0.29, 0.717) is 18.8 Å². The van der Waals surface area contributed by atoms with Gasteiger partial charge in [0.05, 0.1) is 30.5 Å². The Morgan fingerprint density at radius 3 is 2.14 bits per heavy atom. The van der Waals surface area contributed by atoms with Crippen LogP contribution in [-0.4, -0.2) is 57.0 Å². The lowest BCUT2D eigenvalue weighted by Gasteiger charge is -2.26. The van der Waals surface area contributed by atoms with Crippen LogP contribution in [0.3, 0.4) is 0 Å². The second-order valence-corrected chi connectivity index (χ2v) is 11.0. The van der Waals surface area contributed by atoms with Crippen molar-refractivity contribution in [2.24, 2.45) is 11.8 Å². The third-order valence-corrected chi connectivity index (χ3v) is 7.27. The molecule has 7 heteroatoms. The molecule has 5 N–H and O–H groups in total. The molecule has 0 unspecified atom stereocenters. The number of carbonyl (C=O) groups excluding carboxylic acids is 1. The Bertz CT molecular complexity index is 703. The van der Waals surface area contributed by atoms with Crippen LogP contribution >= 0.6 is 0 Å². The molecule has 0 radical (unpaired) electrons. The van der Waals surface area contributed by atoms with Gasteiger partial charge in [-0.05, 0) is 43.6 Å². The predicted molar refractivity (Wildman–Crippen MR) is 148 cm³/mol. The van der Waals surface area contributed by atoms with Crippen LogP contribution in [0.15, 0.2) is 30.3 Å². The van der Waals surface area contributed by atoms with Crippen molar-refractivity contribution >= 4 is 6.09 Å². The Morgan fingerprint density at radius 2 is 1.49 bits per heavy atom. The molecule has 37 heavy (non-hydrogen) atoms. The van der Waals surface area contributed by atoms with Gasteiger partial charge >= 0.3 is 6.09 Å². The van der Waals surface area contributed by atoms with Gasteiger partial charge in [0.15, 0.2) is 0 Å². The number of nitrogens with one attached hydrogen (secondary N) is 1. The average molecular weight is 524 g/mol. The van der Waals surface area contributed by atoms with Gasteiger partial charge in [0.2, 0.25) is 0 Å². The van der Waals surface area contributed by atoms with Crippen molar-refractivity contribution in [1.29, 1.82) is 0 Å². The molecule has 0 saturated heterocycles. The largest absolute Gasteiger partial charge is 0.445 e. The van der Waals surface area contributed by atoms with Crippen LogP contribution in [0.1, 0.15) is 104 Å². The molecule has 214 valence electrons. The molecule has 1 amide bonds. The number of hydrogen-bond acceptors (Lipinski definition) is 6. The van der Waals surface area contributed by atoms with E-state index in [9.17, 15) is 25.2 Å². The highest BCUT2D eigenvalue weighted by Gasteiger charge is 2.24. The number of rotatable bonds is 20. The van der Waals surface area contributed by atoms with Gasteiger partial charge in [-0.1, -0.05) is 96.0 Å². The van der Waals surface area contributed by atoms with E-state index in [1.54, 1.807) is 6.92 Å². The van der Waals surface area contributed by atoms with E-state index in [4.69, 9.17) is 4.74 Å². The molecule has 0 bridgehead atoms. The van der Waals surface area contributed by atoms with Crippen molar-refractivity contribution in [2.45, 2.75) is 135 Å². The fraction of sp³-hybridized carbons (Fsp3) is 0.767. The zero-order chi connectivity index (χ0) is 27.6. The number of aliphatic hydroxyl groups is 4. The summed E-state index contributed by atoms with van der Waals surface area (Å²) in [5.41, 5.74) is 0.888. The first-order chi connectivity index (χ1) is 17.6. The molecule has 0 aliphatic heterocycles. The molecule has 0 aromatic heterocycles. The summed E-state index contributed by atoms with van der Waals surface area (Å²) in [6.45, 7) is 8.14. The molecule has 0 aliphatic carbocycles. The van der Waals surface area contributed by atoms with Gasteiger partial charge in [0, 0.05) is 6.42 Å². The third kappa shape index (κ3) is 15.4. The van der Waals surface area contributed by atoms with Crippen LogP contribution in [0.5, 0.6) is 0 Å². The Kier molecular flexibility index (Phi) is 17.5. The Morgan fingerprint density at radius 1 is 0.838 bits per heavy atom. The van der Waals surface area contributed by atoms with Crippen LogP contribution in [0, 0.1) is 11.8 Å². The summed E-state index contributed by atoms with van der Waals surface area (Å²) in [6.07, 6.45) is 6.18. The number of alkyl carbamates (subject to hydrolysis) is 1. The average Bonchev–Trinajstić information content (AvgIpc) is 2.87. The minimum absolute atomic E-state index is 0.124. The Labute approximate surface area is 224 Å². The van der Waals surface area contributed by atoms with Crippen LogP contribution in [0.2, 0.25) is 0 Å². The summed E-state index contributed by atoms with van der Waals surface area (Å²) in [5, 5.41) is 44.0. The van der Waals surface area contributed by atoms with E-state index in [0.717, 1.165) is 56.9 Å². The number of aliphatic hydroxyl groups excluding tert-OH is 4. The molecule has 1 aromatic carbocycles. The molecule has 0 saturated carbocycles. The second kappa shape index (κ2) is 19.4. The Hall–Kier alpha value is -1.67. The van der Waals surface area contributed by atoms with E-state index in [1.165, 1.54) is 0 Å². The van der Waals surface area contributed by atoms with Crippen molar-refractivity contribution in [3.8, 4) is 0 Å². The molecule has 0 heterocycles. The highest BCUT2D eigenvalue weighted by molar-refractivity contribution is 5.67. The second-order valence-electron chi connectivity index (χ2n) is 11.0. The van der Waals surface area contributed by atoms with E-state index < -0.39 is 36.6 Å². The minimum atomic E-state index is -0.855. The van der Waals surface area contributed by atoms with Crippen molar-refractivity contribution in [3.63, 3.8) is 0 Å². The van der Waals surface area contributed by atoms with Crippen LogP contribution in [-0.2, 0) is 11.3 Å². The fourth-order valence-electron chi connectivity index (χ4n) is 4.62. The summed E-state index contributed by atoms with van der Waals surface area (Å²) in [6, 6.07) is 8.86. The number of unbranched alkanes of at least 4 members (excludes halogenated alkanes) is 4. The van der Waals surface area contributed by atoms with Crippen molar-refractivity contribution in [3.05, 3.63) is 35.9 Å². The van der Waals surface area contributed by atoms with Crippen LogP contribution < -0.4 is 5.32 Å².